The average Bonchev–Trinajstić information content (AvgIpc) is 2.62. The number of anilines is 1. The lowest BCUT2D eigenvalue weighted by atomic mass is 10.0. The van der Waals surface area contributed by atoms with Gasteiger partial charge in [-0.2, -0.15) is 0 Å². The molecule has 6 heteroatoms. The fraction of sp³-hybridized carbons (Fsp3) is 0.316. The zero-order valence-corrected chi connectivity index (χ0v) is 14.7. The summed E-state index contributed by atoms with van der Waals surface area (Å²) in [5.74, 6) is -0.281. The molecule has 1 heterocycles. The van der Waals surface area contributed by atoms with Crippen LogP contribution in [-0.2, 0) is 14.3 Å². The topological polar surface area (TPSA) is 94.3 Å². The van der Waals surface area contributed by atoms with E-state index in [1.54, 1.807) is 0 Å². The maximum atomic E-state index is 12.1. The summed E-state index contributed by atoms with van der Waals surface area (Å²) >= 11 is 0. The summed E-state index contributed by atoms with van der Waals surface area (Å²) in [5, 5.41) is 2.77. The normalized spacial score (nSPS) is 11.7. The maximum Gasteiger partial charge on any atom is 0.322 e. The Morgan fingerprint density at radius 1 is 1.24 bits per heavy atom. The van der Waals surface area contributed by atoms with Crippen molar-refractivity contribution in [3.8, 4) is 11.1 Å². The lowest BCUT2D eigenvalue weighted by Gasteiger charge is -2.13. The highest BCUT2D eigenvalue weighted by molar-refractivity contribution is 5.91. The van der Waals surface area contributed by atoms with Gasteiger partial charge in [0, 0.05) is 12.1 Å². The zero-order chi connectivity index (χ0) is 18.4. The molecule has 1 atom stereocenters. The van der Waals surface area contributed by atoms with Crippen molar-refractivity contribution in [3.63, 3.8) is 0 Å². The number of methoxy groups -OCH3 is 1. The summed E-state index contributed by atoms with van der Waals surface area (Å²) in [5.41, 5.74) is 9.65. The number of benzene rings is 1. The molecule has 0 aliphatic rings. The van der Waals surface area contributed by atoms with Crippen LogP contribution in [0.15, 0.2) is 36.4 Å². The van der Waals surface area contributed by atoms with Crippen LogP contribution in [0.5, 0.6) is 0 Å². The van der Waals surface area contributed by atoms with Gasteiger partial charge in [-0.3, -0.25) is 9.59 Å². The van der Waals surface area contributed by atoms with Gasteiger partial charge in [-0.15, -0.1) is 0 Å². The van der Waals surface area contributed by atoms with E-state index in [2.05, 4.69) is 15.0 Å². The summed E-state index contributed by atoms with van der Waals surface area (Å²) in [7, 11) is 1.27. The van der Waals surface area contributed by atoms with Crippen LogP contribution in [-0.4, -0.2) is 30.0 Å². The van der Waals surface area contributed by atoms with Gasteiger partial charge in [-0.05, 0) is 43.0 Å². The number of rotatable bonds is 6. The number of esters is 1. The van der Waals surface area contributed by atoms with Crippen LogP contribution in [0.3, 0.4) is 0 Å². The standard InChI is InChI=1S/C19H23N3O3/c1-12-13(2)21-17(11-15(12)14-7-5-4-6-8-14)22-18(23)10-9-16(20)19(24)25-3/h4-8,11,16H,9-10,20H2,1-3H3,(H,21,22,23)/t16-/m0/s1. The van der Waals surface area contributed by atoms with Crippen LogP contribution in [0.25, 0.3) is 11.1 Å². The average molecular weight is 341 g/mol. The van der Waals surface area contributed by atoms with Crippen molar-refractivity contribution in [3.05, 3.63) is 47.7 Å². The van der Waals surface area contributed by atoms with E-state index in [9.17, 15) is 9.59 Å². The highest BCUT2D eigenvalue weighted by atomic mass is 16.5. The number of carbonyl (C=O) groups excluding carboxylic acids is 2. The third kappa shape index (κ3) is 4.87. The molecule has 0 saturated heterocycles. The van der Waals surface area contributed by atoms with Crippen LogP contribution < -0.4 is 11.1 Å². The Morgan fingerprint density at radius 3 is 2.56 bits per heavy atom. The van der Waals surface area contributed by atoms with Crippen molar-refractivity contribution in [1.82, 2.24) is 4.98 Å². The molecule has 6 nitrogen and oxygen atoms in total. The van der Waals surface area contributed by atoms with Gasteiger partial charge in [0.1, 0.15) is 11.9 Å². The predicted molar refractivity (Wildman–Crippen MR) is 97.0 cm³/mol. The monoisotopic (exact) mass is 341 g/mol. The number of nitrogens with zero attached hydrogens (tertiary/aromatic N) is 1. The number of pyridine rings is 1. The first-order valence-electron chi connectivity index (χ1n) is 8.09. The van der Waals surface area contributed by atoms with Crippen molar-refractivity contribution in [2.24, 2.45) is 5.73 Å². The van der Waals surface area contributed by atoms with E-state index in [4.69, 9.17) is 5.73 Å². The Hall–Kier alpha value is -2.73. The third-order valence-corrected chi connectivity index (χ3v) is 4.05. The summed E-state index contributed by atoms with van der Waals surface area (Å²) in [4.78, 5) is 27.8. The molecule has 1 amide bonds. The number of hydrogen-bond donors (Lipinski definition) is 2. The Labute approximate surface area is 147 Å². The van der Waals surface area contributed by atoms with Gasteiger partial charge >= 0.3 is 5.97 Å². The van der Waals surface area contributed by atoms with Crippen LogP contribution in [0, 0.1) is 13.8 Å². The Bertz CT molecular complexity index is 760. The van der Waals surface area contributed by atoms with E-state index in [1.165, 1.54) is 7.11 Å². The van der Waals surface area contributed by atoms with Gasteiger partial charge in [-0.1, -0.05) is 30.3 Å². The largest absolute Gasteiger partial charge is 0.468 e. The van der Waals surface area contributed by atoms with Crippen LogP contribution in [0.1, 0.15) is 24.1 Å². The van der Waals surface area contributed by atoms with Gasteiger partial charge in [0.15, 0.2) is 0 Å². The van der Waals surface area contributed by atoms with E-state index in [-0.39, 0.29) is 18.7 Å². The molecule has 2 rings (SSSR count). The van der Waals surface area contributed by atoms with Gasteiger partial charge in [0.05, 0.1) is 7.11 Å². The lowest BCUT2D eigenvalue weighted by Crippen LogP contribution is -2.32. The molecule has 1 aromatic heterocycles. The second-order valence-corrected chi connectivity index (χ2v) is 5.85. The molecule has 132 valence electrons. The number of aryl methyl sites for hydroxylation is 1. The number of amides is 1. The van der Waals surface area contributed by atoms with Crippen molar-refractivity contribution in [2.45, 2.75) is 32.7 Å². The zero-order valence-electron chi connectivity index (χ0n) is 14.7. The van der Waals surface area contributed by atoms with E-state index >= 15 is 0 Å². The summed E-state index contributed by atoms with van der Waals surface area (Å²) in [6.07, 6.45) is 0.334. The molecule has 0 aliphatic heterocycles. The van der Waals surface area contributed by atoms with E-state index in [0.717, 1.165) is 22.4 Å². The highest BCUT2D eigenvalue weighted by Gasteiger charge is 2.16. The summed E-state index contributed by atoms with van der Waals surface area (Å²) in [6.45, 7) is 3.91. The maximum absolute atomic E-state index is 12.1. The van der Waals surface area contributed by atoms with Gasteiger partial charge in [-0.25, -0.2) is 4.98 Å². The quantitative estimate of drug-likeness (QED) is 0.788. The molecule has 25 heavy (non-hydrogen) atoms. The predicted octanol–water partition coefficient (Wildman–Crippen LogP) is 2.58. The minimum Gasteiger partial charge on any atom is -0.468 e. The second-order valence-electron chi connectivity index (χ2n) is 5.85. The molecule has 3 N–H and O–H groups in total. The number of hydrogen-bond acceptors (Lipinski definition) is 5. The Kier molecular flexibility index (Phi) is 6.25. The summed E-state index contributed by atoms with van der Waals surface area (Å²) < 4.78 is 4.55. The molecular formula is C19H23N3O3. The minimum atomic E-state index is -0.802. The lowest BCUT2D eigenvalue weighted by molar-refractivity contribution is -0.142. The Balaban J connectivity index is 2.11. The van der Waals surface area contributed by atoms with Crippen molar-refractivity contribution >= 4 is 17.7 Å². The Morgan fingerprint density at radius 2 is 1.92 bits per heavy atom. The fourth-order valence-electron chi connectivity index (χ4n) is 2.48. The number of nitrogens with two attached hydrogens (primary N) is 1. The minimum absolute atomic E-state index is 0.117. The van der Waals surface area contributed by atoms with E-state index in [0.29, 0.717) is 5.82 Å². The molecule has 0 unspecified atom stereocenters. The fourth-order valence-corrected chi connectivity index (χ4v) is 2.48. The second kappa shape index (κ2) is 8.39. The first-order chi connectivity index (χ1) is 11.9. The third-order valence-electron chi connectivity index (χ3n) is 4.05. The molecule has 1 aromatic carbocycles. The van der Waals surface area contributed by atoms with Crippen molar-refractivity contribution in [1.29, 1.82) is 0 Å². The number of aromatic nitrogens is 1. The number of nitrogens with one attached hydrogen (secondary N) is 1. The molecule has 2 aromatic rings. The molecule has 0 bridgehead atoms. The van der Waals surface area contributed by atoms with Crippen LogP contribution in [0.4, 0.5) is 5.82 Å². The smallest absolute Gasteiger partial charge is 0.322 e. The van der Waals surface area contributed by atoms with Crippen molar-refractivity contribution in [2.75, 3.05) is 12.4 Å². The number of carbonyl (C=O) groups is 2. The van der Waals surface area contributed by atoms with Crippen LogP contribution >= 0.6 is 0 Å². The van der Waals surface area contributed by atoms with Crippen molar-refractivity contribution < 1.29 is 14.3 Å². The molecule has 0 saturated carbocycles. The molecule has 0 spiro atoms. The van der Waals surface area contributed by atoms with Crippen LogP contribution in [0.2, 0.25) is 0 Å². The number of ether oxygens (including phenoxy) is 1. The SMILES string of the molecule is COC(=O)[C@@H](N)CCC(=O)Nc1cc(-c2ccccc2)c(C)c(C)n1. The molecular weight excluding hydrogens is 318 g/mol. The van der Waals surface area contributed by atoms with Gasteiger partial charge < -0.3 is 15.8 Å². The molecule has 0 fully saturated rings. The summed E-state index contributed by atoms with van der Waals surface area (Å²) in [6, 6.07) is 11.0. The molecule has 0 radical (unpaired) electrons. The van der Waals surface area contributed by atoms with E-state index in [1.807, 2.05) is 50.2 Å². The van der Waals surface area contributed by atoms with Gasteiger partial charge in [0.2, 0.25) is 5.91 Å². The first-order valence-corrected chi connectivity index (χ1v) is 8.09. The van der Waals surface area contributed by atoms with Gasteiger partial charge in [0.25, 0.3) is 0 Å². The molecule has 0 aliphatic carbocycles. The van der Waals surface area contributed by atoms with E-state index < -0.39 is 12.0 Å². The highest BCUT2D eigenvalue weighted by Crippen LogP contribution is 2.27. The first kappa shape index (κ1) is 18.6.